The molecular weight excluding hydrogens is 540 g/mol. The number of pyridine rings is 1. The predicted octanol–water partition coefficient (Wildman–Crippen LogP) is 8.74. The van der Waals surface area contributed by atoms with E-state index in [9.17, 15) is 0 Å². The Bertz CT molecular complexity index is 2110. The first kappa shape index (κ1) is 24.6. The van der Waals surface area contributed by atoms with Crippen molar-refractivity contribution in [2.24, 2.45) is 0 Å². The fraction of sp³-hybridized carbons (Fsp3) is 0.0256. The number of fused-ring (bicyclic) bond motifs is 9. The molecular formula is C39H24N4O. The zero-order valence-corrected chi connectivity index (χ0v) is 23.6. The summed E-state index contributed by atoms with van der Waals surface area (Å²) in [6.07, 6.45) is 1.75. The van der Waals surface area contributed by atoms with Crippen LogP contribution in [0.3, 0.4) is 0 Å². The normalized spacial score (nSPS) is 13.4. The van der Waals surface area contributed by atoms with Gasteiger partial charge < -0.3 is 4.74 Å². The first-order chi connectivity index (χ1) is 21.8. The van der Waals surface area contributed by atoms with Gasteiger partial charge in [-0.25, -0.2) is 15.0 Å². The van der Waals surface area contributed by atoms with E-state index in [1.807, 2.05) is 54.6 Å². The van der Waals surface area contributed by atoms with Gasteiger partial charge in [0.05, 0.1) is 5.41 Å². The highest BCUT2D eigenvalue weighted by molar-refractivity contribution is 5.88. The van der Waals surface area contributed by atoms with E-state index < -0.39 is 5.41 Å². The molecule has 2 aromatic heterocycles. The SMILES string of the molecule is c1ccc(-c2nc(-c3ccc4c(c3)Oc3ccccc3C43c4ccccc4-c4ccccc43)nc(-c3ccccn3)n2)cc1. The third-order valence-corrected chi connectivity index (χ3v) is 8.67. The molecule has 0 unspecified atom stereocenters. The first-order valence-corrected chi connectivity index (χ1v) is 14.7. The molecule has 0 N–H and O–H groups in total. The number of para-hydroxylation sites is 1. The third kappa shape index (κ3) is 3.53. The Morgan fingerprint density at radius 1 is 0.432 bits per heavy atom. The fourth-order valence-electron chi connectivity index (χ4n) is 6.83. The fourth-order valence-corrected chi connectivity index (χ4v) is 6.83. The maximum Gasteiger partial charge on any atom is 0.182 e. The van der Waals surface area contributed by atoms with E-state index in [1.165, 1.54) is 22.3 Å². The lowest BCUT2D eigenvalue weighted by Gasteiger charge is -2.39. The highest BCUT2D eigenvalue weighted by atomic mass is 16.5. The van der Waals surface area contributed by atoms with Crippen LogP contribution in [0.4, 0.5) is 0 Å². The molecule has 0 saturated heterocycles. The minimum absolute atomic E-state index is 0.511. The van der Waals surface area contributed by atoms with Crippen LogP contribution in [0.15, 0.2) is 146 Å². The molecule has 5 nitrogen and oxygen atoms in total. The van der Waals surface area contributed by atoms with E-state index in [1.54, 1.807) is 6.20 Å². The number of benzene rings is 5. The van der Waals surface area contributed by atoms with Gasteiger partial charge in [-0.05, 0) is 46.5 Å². The van der Waals surface area contributed by atoms with Crippen LogP contribution in [-0.2, 0) is 5.41 Å². The lowest BCUT2D eigenvalue weighted by Crippen LogP contribution is -2.32. The highest BCUT2D eigenvalue weighted by Crippen LogP contribution is 2.62. The molecule has 2 aliphatic rings. The summed E-state index contributed by atoms with van der Waals surface area (Å²) in [6.45, 7) is 0. The molecule has 1 aliphatic carbocycles. The van der Waals surface area contributed by atoms with Crippen LogP contribution in [0, 0.1) is 0 Å². The summed E-state index contributed by atoms with van der Waals surface area (Å²) in [5, 5.41) is 0. The lowest BCUT2D eigenvalue weighted by molar-refractivity contribution is 0.436. The summed E-state index contributed by atoms with van der Waals surface area (Å²) in [5.74, 6) is 3.31. The van der Waals surface area contributed by atoms with Crippen molar-refractivity contribution in [3.63, 3.8) is 0 Å². The van der Waals surface area contributed by atoms with Gasteiger partial charge in [-0.2, -0.15) is 0 Å². The maximum absolute atomic E-state index is 6.70. The number of aromatic nitrogens is 4. The number of ether oxygens (including phenoxy) is 1. The molecule has 7 aromatic rings. The Balaban J connectivity index is 1.28. The Labute approximate surface area is 254 Å². The van der Waals surface area contributed by atoms with Crippen molar-refractivity contribution in [2.75, 3.05) is 0 Å². The van der Waals surface area contributed by atoms with Crippen LogP contribution >= 0.6 is 0 Å². The van der Waals surface area contributed by atoms with Crippen molar-refractivity contribution >= 4 is 0 Å². The first-order valence-electron chi connectivity index (χ1n) is 14.7. The molecule has 0 bridgehead atoms. The molecule has 0 fully saturated rings. The molecule has 3 heterocycles. The summed E-state index contributed by atoms with van der Waals surface area (Å²) in [5.41, 5.74) is 9.19. The standard InChI is InChI=1S/C39H24N4O/c1-2-12-25(13-3-1)36-41-37(43-38(42-36)33-19-10-11-23-40-33)26-21-22-32-35(24-26)44-34-20-9-8-18-31(34)39(32)29-16-6-4-14-27(29)28-15-5-7-17-30(28)39/h1-24H. The monoisotopic (exact) mass is 564 g/mol. The van der Waals surface area contributed by atoms with Crippen molar-refractivity contribution in [3.8, 4) is 56.9 Å². The van der Waals surface area contributed by atoms with Gasteiger partial charge in [0.15, 0.2) is 17.5 Å². The predicted molar refractivity (Wildman–Crippen MR) is 171 cm³/mol. The van der Waals surface area contributed by atoms with Gasteiger partial charge in [0.2, 0.25) is 0 Å². The Morgan fingerprint density at radius 2 is 1.02 bits per heavy atom. The van der Waals surface area contributed by atoms with E-state index in [4.69, 9.17) is 19.7 Å². The van der Waals surface area contributed by atoms with Crippen LogP contribution in [0.25, 0.3) is 45.4 Å². The molecule has 0 amide bonds. The number of rotatable bonds is 3. The molecule has 0 saturated carbocycles. The van der Waals surface area contributed by atoms with E-state index >= 15 is 0 Å². The number of nitrogens with zero attached hydrogens (tertiary/aromatic N) is 4. The van der Waals surface area contributed by atoms with Crippen LogP contribution in [-0.4, -0.2) is 19.9 Å². The second kappa shape index (κ2) is 9.54. The summed E-state index contributed by atoms with van der Waals surface area (Å²) in [7, 11) is 0. The topological polar surface area (TPSA) is 60.8 Å². The lowest BCUT2D eigenvalue weighted by atomic mass is 9.66. The Hall–Kier alpha value is -5.94. The minimum Gasteiger partial charge on any atom is -0.457 e. The van der Waals surface area contributed by atoms with Crippen molar-refractivity contribution in [1.29, 1.82) is 0 Å². The van der Waals surface area contributed by atoms with Crippen LogP contribution in [0.5, 0.6) is 11.5 Å². The maximum atomic E-state index is 6.70. The number of hydrogen-bond acceptors (Lipinski definition) is 5. The van der Waals surface area contributed by atoms with Crippen LogP contribution in [0.1, 0.15) is 22.3 Å². The van der Waals surface area contributed by atoms with Gasteiger partial charge in [-0.15, -0.1) is 0 Å². The smallest absolute Gasteiger partial charge is 0.182 e. The van der Waals surface area contributed by atoms with E-state index in [-0.39, 0.29) is 0 Å². The molecule has 0 atom stereocenters. The van der Waals surface area contributed by atoms with Crippen LogP contribution < -0.4 is 4.74 Å². The molecule has 0 radical (unpaired) electrons. The van der Waals surface area contributed by atoms with Crippen LogP contribution in [0.2, 0.25) is 0 Å². The molecule has 1 spiro atoms. The second-order valence-electron chi connectivity index (χ2n) is 11.0. The average molecular weight is 565 g/mol. The summed E-state index contributed by atoms with van der Waals surface area (Å²) >= 11 is 0. The Kier molecular flexibility index (Phi) is 5.34. The van der Waals surface area contributed by atoms with Crippen molar-refractivity contribution in [1.82, 2.24) is 19.9 Å². The third-order valence-electron chi connectivity index (χ3n) is 8.67. The molecule has 206 valence electrons. The summed E-state index contributed by atoms with van der Waals surface area (Å²) in [4.78, 5) is 19.2. The Morgan fingerprint density at radius 3 is 1.75 bits per heavy atom. The molecule has 9 rings (SSSR count). The van der Waals surface area contributed by atoms with Gasteiger partial charge in [0.25, 0.3) is 0 Å². The molecule has 5 heteroatoms. The molecule has 1 aliphatic heterocycles. The highest BCUT2D eigenvalue weighted by Gasteiger charge is 2.50. The van der Waals surface area contributed by atoms with E-state index in [0.29, 0.717) is 23.2 Å². The minimum atomic E-state index is -0.511. The van der Waals surface area contributed by atoms with Gasteiger partial charge in [0.1, 0.15) is 17.2 Å². The van der Waals surface area contributed by atoms with Gasteiger partial charge in [-0.3, -0.25) is 4.98 Å². The summed E-state index contributed by atoms with van der Waals surface area (Å²) < 4.78 is 6.70. The van der Waals surface area contributed by atoms with E-state index in [2.05, 4.69) is 89.9 Å². The average Bonchev–Trinajstić information content (AvgIpc) is 3.39. The van der Waals surface area contributed by atoms with E-state index in [0.717, 1.165) is 33.8 Å². The second-order valence-corrected chi connectivity index (χ2v) is 11.0. The summed E-state index contributed by atoms with van der Waals surface area (Å²) in [6, 6.07) is 47.9. The molecule has 44 heavy (non-hydrogen) atoms. The van der Waals surface area contributed by atoms with Crippen molar-refractivity contribution < 1.29 is 4.74 Å². The largest absolute Gasteiger partial charge is 0.457 e. The van der Waals surface area contributed by atoms with Gasteiger partial charge in [-0.1, -0.05) is 115 Å². The van der Waals surface area contributed by atoms with Gasteiger partial charge in [0, 0.05) is 28.5 Å². The van der Waals surface area contributed by atoms with Gasteiger partial charge >= 0.3 is 0 Å². The van der Waals surface area contributed by atoms with Crippen molar-refractivity contribution in [2.45, 2.75) is 5.41 Å². The quantitative estimate of drug-likeness (QED) is 0.215. The zero-order chi connectivity index (χ0) is 29.1. The van der Waals surface area contributed by atoms with Crippen molar-refractivity contribution in [3.05, 3.63) is 168 Å². The number of hydrogen-bond donors (Lipinski definition) is 0. The molecule has 5 aromatic carbocycles. The zero-order valence-electron chi connectivity index (χ0n) is 23.6.